The molecule has 3 heterocycles. The number of nitrogens with zero attached hydrogens (tertiary/aromatic N) is 4. The summed E-state index contributed by atoms with van der Waals surface area (Å²) in [6.45, 7) is 7.63. The standard InChI is InChI=1S/C21H26N4O2/c1-14(2)19-22-10-13-25(19)15(3)21(26)24-11-8-16(9-12-24)20-23-17-6-4-5-7-18(17)27-20/h4-7,10,13-16H,8-9,11-12H2,1-3H3. The van der Waals surface area contributed by atoms with Crippen LogP contribution in [0.3, 0.4) is 0 Å². The topological polar surface area (TPSA) is 64.2 Å². The zero-order valence-corrected chi connectivity index (χ0v) is 16.1. The van der Waals surface area contributed by atoms with E-state index in [4.69, 9.17) is 4.42 Å². The lowest BCUT2D eigenvalue weighted by molar-refractivity contribution is -0.135. The molecule has 6 nitrogen and oxygen atoms in total. The van der Waals surface area contributed by atoms with Crippen LogP contribution in [0.2, 0.25) is 0 Å². The molecule has 142 valence electrons. The summed E-state index contributed by atoms with van der Waals surface area (Å²) < 4.78 is 7.92. The molecular formula is C21H26N4O2. The number of imidazole rings is 1. The van der Waals surface area contributed by atoms with Gasteiger partial charge in [0.2, 0.25) is 5.91 Å². The molecule has 1 atom stereocenters. The summed E-state index contributed by atoms with van der Waals surface area (Å²) in [6.07, 6.45) is 5.44. The first kappa shape index (κ1) is 17.8. The van der Waals surface area contributed by atoms with Gasteiger partial charge in [0.05, 0.1) is 0 Å². The van der Waals surface area contributed by atoms with Gasteiger partial charge < -0.3 is 13.9 Å². The van der Waals surface area contributed by atoms with Crippen LogP contribution in [-0.2, 0) is 4.79 Å². The van der Waals surface area contributed by atoms with Crippen LogP contribution in [-0.4, -0.2) is 38.4 Å². The first-order valence-electron chi connectivity index (χ1n) is 9.71. The quantitative estimate of drug-likeness (QED) is 0.697. The summed E-state index contributed by atoms with van der Waals surface area (Å²) in [5, 5.41) is 0. The number of piperidine rings is 1. The molecule has 1 aliphatic heterocycles. The van der Waals surface area contributed by atoms with E-state index in [1.165, 1.54) is 0 Å². The average molecular weight is 366 g/mol. The van der Waals surface area contributed by atoms with Crippen molar-refractivity contribution in [3.8, 4) is 0 Å². The molecule has 0 bridgehead atoms. The molecule has 1 amide bonds. The van der Waals surface area contributed by atoms with E-state index in [0.29, 0.717) is 5.92 Å². The second-order valence-electron chi connectivity index (χ2n) is 7.64. The lowest BCUT2D eigenvalue weighted by atomic mass is 9.96. The largest absolute Gasteiger partial charge is 0.440 e. The maximum absolute atomic E-state index is 13.0. The summed E-state index contributed by atoms with van der Waals surface area (Å²) in [5.41, 5.74) is 1.74. The second kappa shape index (κ2) is 7.18. The number of hydrogen-bond acceptors (Lipinski definition) is 4. The van der Waals surface area contributed by atoms with E-state index in [2.05, 4.69) is 23.8 Å². The Morgan fingerprint density at radius 2 is 1.93 bits per heavy atom. The van der Waals surface area contributed by atoms with E-state index >= 15 is 0 Å². The zero-order chi connectivity index (χ0) is 19.0. The van der Waals surface area contributed by atoms with Gasteiger partial charge in [0.1, 0.15) is 17.4 Å². The van der Waals surface area contributed by atoms with Crippen molar-refractivity contribution < 1.29 is 9.21 Å². The molecule has 0 N–H and O–H groups in total. The maximum atomic E-state index is 13.0. The summed E-state index contributed by atoms with van der Waals surface area (Å²) in [5.74, 6) is 2.48. The van der Waals surface area contributed by atoms with Gasteiger partial charge in [0.15, 0.2) is 11.5 Å². The molecule has 2 aromatic heterocycles. The Labute approximate surface area is 159 Å². The van der Waals surface area contributed by atoms with Crippen LogP contribution in [0.25, 0.3) is 11.1 Å². The summed E-state index contributed by atoms with van der Waals surface area (Å²) >= 11 is 0. The van der Waals surface area contributed by atoms with Crippen molar-refractivity contribution in [1.82, 2.24) is 19.4 Å². The molecule has 1 aromatic carbocycles. The molecule has 1 fully saturated rings. The van der Waals surface area contributed by atoms with Gasteiger partial charge in [-0.25, -0.2) is 9.97 Å². The van der Waals surface area contributed by atoms with Gasteiger partial charge in [-0.1, -0.05) is 26.0 Å². The van der Waals surface area contributed by atoms with Crippen molar-refractivity contribution in [2.24, 2.45) is 0 Å². The van der Waals surface area contributed by atoms with Crippen molar-refractivity contribution in [3.63, 3.8) is 0 Å². The van der Waals surface area contributed by atoms with Gasteiger partial charge in [-0.15, -0.1) is 0 Å². The Morgan fingerprint density at radius 1 is 1.19 bits per heavy atom. The van der Waals surface area contributed by atoms with Crippen molar-refractivity contribution >= 4 is 17.0 Å². The second-order valence-corrected chi connectivity index (χ2v) is 7.64. The SMILES string of the molecule is CC(C)c1nccn1C(C)C(=O)N1CCC(c2nc3ccccc3o2)CC1. The molecule has 0 aliphatic carbocycles. The van der Waals surface area contributed by atoms with Crippen LogP contribution < -0.4 is 0 Å². The molecular weight excluding hydrogens is 340 g/mol. The fraction of sp³-hybridized carbons (Fsp3) is 0.476. The Morgan fingerprint density at radius 3 is 2.63 bits per heavy atom. The normalized spacial score (nSPS) is 17.0. The van der Waals surface area contributed by atoms with Gasteiger partial charge in [-0.3, -0.25) is 4.79 Å². The molecule has 3 aromatic rings. The van der Waals surface area contributed by atoms with Gasteiger partial charge in [-0.2, -0.15) is 0 Å². The van der Waals surface area contributed by atoms with E-state index in [1.54, 1.807) is 6.20 Å². The van der Waals surface area contributed by atoms with Crippen LogP contribution in [0.5, 0.6) is 0 Å². The molecule has 0 saturated carbocycles. The number of hydrogen-bond donors (Lipinski definition) is 0. The molecule has 4 rings (SSSR count). The Hall–Kier alpha value is -2.63. The third-order valence-corrected chi connectivity index (χ3v) is 5.46. The van der Waals surface area contributed by atoms with E-state index in [0.717, 1.165) is 48.7 Å². The monoisotopic (exact) mass is 366 g/mol. The Kier molecular flexibility index (Phi) is 4.72. The smallest absolute Gasteiger partial charge is 0.245 e. The van der Waals surface area contributed by atoms with Gasteiger partial charge >= 0.3 is 0 Å². The number of amides is 1. The summed E-state index contributed by atoms with van der Waals surface area (Å²) in [4.78, 5) is 24.0. The molecule has 27 heavy (non-hydrogen) atoms. The van der Waals surface area contributed by atoms with E-state index < -0.39 is 0 Å². The van der Waals surface area contributed by atoms with E-state index in [9.17, 15) is 4.79 Å². The number of aromatic nitrogens is 3. The molecule has 0 spiro atoms. The van der Waals surface area contributed by atoms with Crippen molar-refractivity contribution in [3.05, 3.63) is 48.4 Å². The number of carbonyl (C=O) groups excluding carboxylic acids is 1. The van der Waals surface area contributed by atoms with Crippen LogP contribution in [0.1, 0.15) is 63.2 Å². The van der Waals surface area contributed by atoms with Gasteiger partial charge in [0.25, 0.3) is 0 Å². The number of oxazole rings is 1. The molecule has 0 radical (unpaired) electrons. The number of benzene rings is 1. The van der Waals surface area contributed by atoms with Crippen LogP contribution in [0.4, 0.5) is 0 Å². The lowest BCUT2D eigenvalue weighted by Crippen LogP contribution is -2.41. The highest BCUT2D eigenvalue weighted by Gasteiger charge is 2.30. The number of fused-ring (bicyclic) bond motifs is 1. The Balaban J connectivity index is 1.42. The van der Waals surface area contributed by atoms with Crippen LogP contribution in [0.15, 0.2) is 41.1 Å². The predicted molar refractivity (Wildman–Crippen MR) is 104 cm³/mol. The summed E-state index contributed by atoms with van der Waals surface area (Å²) in [6, 6.07) is 7.62. The minimum Gasteiger partial charge on any atom is -0.440 e. The van der Waals surface area contributed by atoms with Gasteiger partial charge in [-0.05, 0) is 31.9 Å². The maximum Gasteiger partial charge on any atom is 0.245 e. The van der Waals surface area contributed by atoms with Crippen LogP contribution in [0, 0.1) is 0 Å². The van der Waals surface area contributed by atoms with Crippen molar-refractivity contribution in [2.75, 3.05) is 13.1 Å². The lowest BCUT2D eigenvalue weighted by Gasteiger charge is -2.33. The molecule has 1 saturated heterocycles. The van der Waals surface area contributed by atoms with E-state index in [-0.39, 0.29) is 17.9 Å². The zero-order valence-electron chi connectivity index (χ0n) is 16.1. The molecule has 1 unspecified atom stereocenters. The number of rotatable bonds is 4. The molecule has 6 heteroatoms. The number of carbonyl (C=O) groups is 1. The number of para-hydroxylation sites is 2. The predicted octanol–water partition coefficient (Wildman–Crippen LogP) is 4.11. The minimum absolute atomic E-state index is 0.158. The first-order chi connectivity index (χ1) is 13.0. The van der Waals surface area contributed by atoms with Crippen molar-refractivity contribution in [2.45, 2.75) is 51.5 Å². The molecule has 1 aliphatic rings. The first-order valence-corrected chi connectivity index (χ1v) is 9.71. The average Bonchev–Trinajstić information content (AvgIpc) is 3.34. The van der Waals surface area contributed by atoms with E-state index in [1.807, 2.05) is 46.9 Å². The fourth-order valence-electron chi connectivity index (χ4n) is 3.89. The highest BCUT2D eigenvalue weighted by molar-refractivity contribution is 5.80. The Bertz CT molecular complexity index is 901. The van der Waals surface area contributed by atoms with Crippen molar-refractivity contribution in [1.29, 1.82) is 0 Å². The third kappa shape index (κ3) is 3.36. The highest BCUT2D eigenvalue weighted by atomic mass is 16.3. The van der Waals surface area contributed by atoms with Gasteiger partial charge in [0, 0.05) is 37.3 Å². The number of likely N-dealkylation sites (tertiary alicyclic amines) is 1. The minimum atomic E-state index is -0.231. The highest BCUT2D eigenvalue weighted by Crippen LogP contribution is 2.31. The summed E-state index contributed by atoms with van der Waals surface area (Å²) in [7, 11) is 0. The van der Waals surface area contributed by atoms with Crippen LogP contribution >= 0.6 is 0 Å². The fourth-order valence-corrected chi connectivity index (χ4v) is 3.89. The third-order valence-electron chi connectivity index (χ3n) is 5.46.